The number of carbonyl (C=O) groups is 2. The number of nitrogens with one attached hydrogen (secondary N) is 1. The van der Waals surface area contributed by atoms with Crippen molar-refractivity contribution in [2.75, 3.05) is 0 Å². The second-order valence-electron chi connectivity index (χ2n) is 6.09. The Hall–Kier alpha value is -3.45. The molecule has 0 aliphatic carbocycles. The molecule has 1 amide bonds. The van der Waals surface area contributed by atoms with Crippen LogP contribution in [0, 0.1) is 5.41 Å². The molecule has 0 saturated carbocycles. The first kappa shape index (κ1) is 17.9. The molecule has 1 N–H and O–H groups in total. The van der Waals surface area contributed by atoms with Gasteiger partial charge in [-0.15, -0.1) is 0 Å². The van der Waals surface area contributed by atoms with E-state index in [1.807, 2.05) is 35.7 Å². The molecule has 0 unspecified atom stereocenters. The summed E-state index contributed by atoms with van der Waals surface area (Å²) < 4.78 is 5.01. The number of esters is 1. The van der Waals surface area contributed by atoms with Crippen molar-refractivity contribution >= 4 is 46.4 Å². The zero-order valence-electron chi connectivity index (χ0n) is 14.9. The fourth-order valence-corrected chi connectivity index (χ4v) is 3.77. The number of carbonyl (C=O) groups excluding carboxylic acids is 2. The lowest BCUT2D eigenvalue weighted by Gasteiger charge is -2.26. The third-order valence-corrected chi connectivity index (χ3v) is 4.96. The van der Waals surface area contributed by atoms with Crippen LogP contribution >= 0.6 is 11.8 Å². The minimum absolute atomic E-state index is 0.0826. The van der Waals surface area contributed by atoms with Gasteiger partial charge in [-0.25, -0.2) is 0 Å². The minimum atomic E-state index is -0.449. The highest BCUT2D eigenvalue weighted by atomic mass is 32.2. The zero-order valence-corrected chi connectivity index (χ0v) is 15.7. The molecule has 7 heteroatoms. The summed E-state index contributed by atoms with van der Waals surface area (Å²) >= 11 is 1.33. The van der Waals surface area contributed by atoms with Crippen molar-refractivity contribution in [2.45, 2.75) is 6.92 Å². The first-order chi connectivity index (χ1) is 13.5. The first-order valence-electron chi connectivity index (χ1n) is 8.47. The molecule has 0 aromatic heterocycles. The molecular weight excluding hydrogens is 374 g/mol. The number of amides is 1. The zero-order chi connectivity index (χ0) is 19.7. The van der Waals surface area contributed by atoms with E-state index in [9.17, 15) is 9.59 Å². The van der Waals surface area contributed by atoms with Gasteiger partial charge in [-0.1, -0.05) is 54.2 Å². The Morgan fingerprint density at radius 3 is 2.54 bits per heavy atom. The first-order valence-corrected chi connectivity index (χ1v) is 9.35. The summed E-state index contributed by atoms with van der Waals surface area (Å²) in [6.07, 6.45) is 1.62. The third kappa shape index (κ3) is 3.39. The molecule has 2 heterocycles. The van der Waals surface area contributed by atoms with Crippen molar-refractivity contribution in [3.63, 3.8) is 0 Å². The molecule has 2 aliphatic heterocycles. The molecule has 4 rings (SSSR count). The van der Waals surface area contributed by atoms with Gasteiger partial charge in [-0.3, -0.25) is 19.9 Å². The van der Waals surface area contributed by atoms with Gasteiger partial charge in [0.1, 0.15) is 11.6 Å². The van der Waals surface area contributed by atoms with Crippen molar-refractivity contribution in [3.05, 3.63) is 76.7 Å². The number of hydrogen-bond donors (Lipinski definition) is 1. The molecular formula is C21H15N3O3S. The maximum absolute atomic E-state index is 12.5. The number of amidine groups is 2. The molecule has 6 nitrogen and oxygen atoms in total. The number of nitrogens with zero attached hydrogens (tertiary/aromatic N) is 2. The smallest absolute Gasteiger partial charge is 0.308 e. The number of hydrogen-bond acceptors (Lipinski definition) is 5. The van der Waals surface area contributed by atoms with Crippen molar-refractivity contribution in [1.29, 1.82) is 5.41 Å². The lowest BCUT2D eigenvalue weighted by molar-refractivity contribution is -0.131. The molecule has 0 spiro atoms. The summed E-state index contributed by atoms with van der Waals surface area (Å²) in [5, 5.41) is 11.0. The van der Waals surface area contributed by atoms with Gasteiger partial charge in [0.15, 0.2) is 5.17 Å². The maximum atomic E-state index is 12.5. The van der Waals surface area contributed by atoms with E-state index in [1.165, 1.54) is 18.7 Å². The van der Waals surface area contributed by atoms with E-state index in [0.29, 0.717) is 16.5 Å². The van der Waals surface area contributed by atoms with Gasteiger partial charge in [0.2, 0.25) is 0 Å². The molecule has 2 aromatic rings. The molecule has 0 fully saturated rings. The van der Waals surface area contributed by atoms with Crippen LogP contribution in [0.3, 0.4) is 0 Å². The van der Waals surface area contributed by atoms with E-state index in [-0.39, 0.29) is 11.4 Å². The Labute approximate surface area is 165 Å². The van der Waals surface area contributed by atoms with Crippen LogP contribution in [0.4, 0.5) is 0 Å². The summed E-state index contributed by atoms with van der Waals surface area (Å²) in [7, 11) is 0. The predicted octanol–water partition coefficient (Wildman–Crippen LogP) is 3.92. The van der Waals surface area contributed by atoms with E-state index >= 15 is 0 Å². The van der Waals surface area contributed by atoms with Gasteiger partial charge in [-0.2, -0.15) is 4.99 Å². The average Bonchev–Trinajstić information content (AvgIpc) is 3.10. The fourth-order valence-electron chi connectivity index (χ4n) is 2.88. The number of thioether (sulfide) groups is 1. The second-order valence-corrected chi connectivity index (χ2v) is 6.93. The standard InChI is InChI=1S/C21H15N3O3S/c1-13(25)27-16-9-7-14(8-10-16)11-17-19(22)24-18(15-5-3-2-4-6-15)12-28-21(24)23-20(17)26/h2-12,22H,1H3. The quantitative estimate of drug-likeness (QED) is 0.489. The van der Waals surface area contributed by atoms with Gasteiger partial charge in [0.25, 0.3) is 5.91 Å². The normalized spacial score (nSPS) is 17.3. The summed E-state index contributed by atoms with van der Waals surface area (Å²) in [6.45, 7) is 1.33. The Kier molecular flexibility index (Phi) is 4.67. The SMILES string of the molecule is CC(=O)Oc1ccc(C=C2C(=N)N3C(c4ccccc4)=CSC3=NC2=O)cc1. The summed E-state index contributed by atoms with van der Waals surface area (Å²) in [6, 6.07) is 16.4. The number of fused-ring (bicyclic) bond motifs is 1. The Morgan fingerprint density at radius 2 is 1.86 bits per heavy atom. The Morgan fingerprint density at radius 1 is 1.14 bits per heavy atom. The van der Waals surface area contributed by atoms with Gasteiger partial charge >= 0.3 is 5.97 Å². The average molecular weight is 389 g/mol. The largest absolute Gasteiger partial charge is 0.427 e. The Balaban J connectivity index is 1.65. The van der Waals surface area contributed by atoms with Crippen LogP contribution in [-0.4, -0.2) is 27.8 Å². The molecule has 0 radical (unpaired) electrons. The lowest BCUT2D eigenvalue weighted by atomic mass is 10.1. The van der Waals surface area contributed by atoms with Crippen LogP contribution in [0.25, 0.3) is 11.8 Å². The molecule has 2 aromatic carbocycles. The van der Waals surface area contributed by atoms with E-state index in [0.717, 1.165) is 11.3 Å². The van der Waals surface area contributed by atoms with Crippen molar-refractivity contribution < 1.29 is 14.3 Å². The predicted molar refractivity (Wildman–Crippen MR) is 110 cm³/mol. The topological polar surface area (TPSA) is 82.8 Å². The number of rotatable bonds is 3. The summed E-state index contributed by atoms with van der Waals surface area (Å²) in [5.74, 6) is -0.344. The third-order valence-electron chi connectivity index (χ3n) is 4.14. The molecule has 0 saturated heterocycles. The van der Waals surface area contributed by atoms with Gasteiger partial charge < -0.3 is 4.74 Å². The molecule has 0 bridgehead atoms. The second kappa shape index (κ2) is 7.28. The van der Waals surface area contributed by atoms with Crippen molar-refractivity contribution in [2.24, 2.45) is 4.99 Å². The number of ether oxygens (including phenoxy) is 1. The molecule has 2 aliphatic rings. The van der Waals surface area contributed by atoms with E-state index < -0.39 is 11.9 Å². The summed E-state index contributed by atoms with van der Waals surface area (Å²) in [4.78, 5) is 29.3. The molecule has 0 atom stereocenters. The van der Waals surface area contributed by atoms with Crippen LogP contribution in [-0.2, 0) is 9.59 Å². The van der Waals surface area contributed by atoms with E-state index in [1.54, 1.807) is 35.2 Å². The number of aliphatic imine (C=N–C) groups is 1. The van der Waals surface area contributed by atoms with Crippen LogP contribution in [0.2, 0.25) is 0 Å². The van der Waals surface area contributed by atoms with Gasteiger partial charge in [-0.05, 0) is 29.3 Å². The van der Waals surface area contributed by atoms with E-state index in [4.69, 9.17) is 10.1 Å². The molecule has 28 heavy (non-hydrogen) atoms. The van der Waals surface area contributed by atoms with Gasteiger partial charge in [0, 0.05) is 12.3 Å². The highest BCUT2D eigenvalue weighted by Gasteiger charge is 2.36. The fraction of sp³-hybridized carbons (Fsp3) is 0.0476. The van der Waals surface area contributed by atoms with Crippen molar-refractivity contribution in [1.82, 2.24) is 4.90 Å². The van der Waals surface area contributed by atoms with Crippen LogP contribution in [0.5, 0.6) is 5.75 Å². The monoisotopic (exact) mass is 389 g/mol. The van der Waals surface area contributed by atoms with Crippen LogP contribution in [0.1, 0.15) is 18.1 Å². The van der Waals surface area contributed by atoms with Crippen molar-refractivity contribution in [3.8, 4) is 5.75 Å². The van der Waals surface area contributed by atoms with Crippen LogP contribution in [0.15, 0.2) is 70.6 Å². The van der Waals surface area contributed by atoms with Crippen LogP contribution < -0.4 is 4.74 Å². The maximum Gasteiger partial charge on any atom is 0.308 e. The highest BCUT2D eigenvalue weighted by molar-refractivity contribution is 8.17. The molecule has 138 valence electrons. The highest BCUT2D eigenvalue weighted by Crippen LogP contribution is 2.37. The van der Waals surface area contributed by atoms with E-state index in [2.05, 4.69) is 4.99 Å². The lowest BCUT2D eigenvalue weighted by Crippen LogP contribution is -2.38. The summed E-state index contributed by atoms with van der Waals surface area (Å²) in [5.41, 5.74) is 2.68. The van der Waals surface area contributed by atoms with Gasteiger partial charge in [0.05, 0.1) is 11.3 Å². The minimum Gasteiger partial charge on any atom is -0.427 e. The Bertz CT molecular complexity index is 1070. The number of benzene rings is 2.